The Morgan fingerprint density at radius 1 is 1.00 bits per heavy atom. The highest BCUT2D eigenvalue weighted by atomic mass is 16.1. The maximum Gasteiger partial charge on any atom is 0.221 e. The van der Waals surface area contributed by atoms with E-state index in [-0.39, 0.29) is 17.0 Å². The molecule has 0 aliphatic carbocycles. The van der Waals surface area contributed by atoms with Crippen LogP contribution in [-0.2, 0) is 17.9 Å². The first-order chi connectivity index (χ1) is 13.6. The van der Waals surface area contributed by atoms with Crippen LogP contribution in [0.25, 0.3) is 0 Å². The molecule has 5 heteroatoms. The molecule has 5 nitrogen and oxygen atoms in total. The summed E-state index contributed by atoms with van der Waals surface area (Å²) in [5.74, 6) is -0.0452. The fourth-order valence-corrected chi connectivity index (χ4v) is 4.69. The molecule has 1 amide bonds. The van der Waals surface area contributed by atoms with E-state index < -0.39 is 0 Å². The number of nitrogens with zero attached hydrogens (tertiary/aromatic N) is 2. The van der Waals surface area contributed by atoms with Gasteiger partial charge in [-0.05, 0) is 75.9 Å². The van der Waals surface area contributed by atoms with Crippen LogP contribution in [0.1, 0.15) is 58.6 Å². The zero-order valence-electron chi connectivity index (χ0n) is 18.3. The molecule has 2 N–H and O–H groups in total. The second-order valence-electron chi connectivity index (χ2n) is 9.59. The zero-order valence-corrected chi connectivity index (χ0v) is 18.3. The van der Waals surface area contributed by atoms with E-state index in [0.29, 0.717) is 6.04 Å². The number of carbonyl (C=O) groups excluding carboxylic acids is 1. The molecule has 1 aliphatic rings. The number of rotatable bonds is 6. The summed E-state index contributed by atoms with van der Waals surface area (Å²) in [6, 6.07) is 12.9. The average Bonchev–Trinajstić information content (AvgIpc) is 2.60. The number of pyridine rings is 1. The predicted octanol–water partition coefficient (Wildman–Crippen LogP) is 4.35. The van der Waals surface area contributed by atoms with E-state index >= 15 is 0 Å². The van der Waals surface area contributed by atoms with Crippen molar-refractivity contribution in [3.8, 4) is 0 Å². The highest BCUT2D eigenvalue weighted by molar-refractivity contribution is 5.88. The number of anilines is 1. The van der Waals surface area contributed by atoms with E-state index in [1.54, 1.807) is 0 Å². The maximum atomic E-state index is 11.3. The Hall–Kier alpha value is -2.24. The molecule has 1 aromatic carbocycles. The molecule has 156 valence electrons. The van der Waals surface area contributed by atoms with Gasteiger partial charge in [-0.25, -0.2) is 0 Å². The highest BCUT2D eigenvalue weighted by Gasteiger charge is 2.39. The lowest BCUT2D eigenvalue weighted by atomic mass is 9.79. The maximum absolute atomic E-state index is 11.3. The molecule has 3 rings (SSSR count). The van der Waals surface area contributed by atoms with Gasteiger partial charge in [0, 0.05) is 55.2 Å². The number of hydrogen-bond acceptors (Lipinski definition) is 4. The van der Waals surface area contributed by atoms with Crippen LogP contribution in [0.5, 0.6) is 0 Å². The van der Waals surface area contributed by atoms with E-state index in [1.807, 2.05) is 24.5 Å². The lowest BCUT2D eigenvalue weighted by Gasteiger charge is -2.49. The lowest BCUT2D eigenvalue weighted by Crippen LogP contribution is -2.62. The Bertz CT molecular complexity index is 799. The Morgan fingerprint density at radius 2 is 1.52 bits per heavy atom. The minimum absolute atomic E-state index is 0.0452. The Labute approximate surface area is 174 Å². The van der Waals surface area contributed by atoms with Crippen molar-refractivity contribution >= 4 is 11.6 Å². The third kappa shape index (κ3) is 6.38. The minimum Gasteiger partial charge on any atom is -0.326 e. The SMILES string of the molecule is CC(=O)Nc1ccc(CN(Cc2ccncc2)C2CC(C)(C)NC(C)(C)C2)cc1. The van der Waals surface area contributed by atoms with Crippen molar-refractivity contribution in [2.75, 3.05) is 5.32 Å². The molecule has 0 radical (unpaired) electrons. The molecule has 29 heavy (non-hydrogen) atoms. The Balaban J connectivity index is 1.82. The van der Waals surface area contributed by atoms with Crippen molar-refractivity contribution in [2.24, 2.45) is 0 Å². The quantitative estimate of drug-likeness (QED) is 0.765. The third-order valence-electron chi connectivity index (χ3n) is 5.48. The monoisotopic (exact) mass is 394 g/mol. The molecule has 1 fully saturated rings. The molecule has 0 saturated carbocycles. The fraction of sp³-hybridized carbons (Fsp3) is 0.500. The number of aromatic nitrogens is 1. The smallest absolute Gasteiger partial charge is 0.221 e. The normalized spacial score (nSPS) is 18.6. The van der Waals surface area contributed by atoms with Gasteiger partial charge < -0.3 is 10.6 Å². The first-order valence-electron chi connectivity index (χ1n) is 10.4. The average molecular weight is 395 g/mol. The molecule has 0 spiro atoms. The molecule has 2 aromatic rings. The van der Waals surface area contributed by atoms with Crippen molar-refractivity contribution in [3.63, 3.8) is 0 Å². The number of piperidine rings is 1. The predicted molar refractivity (Wildman–Crippen MR) is 119 cm³/mol. The molecule has 2 heterocycles. The van der Waals surface area contributed by atoms with Crippen molar-refractivity contribution in [3.05, 3.63) is 59.9 Å². The van der Waals surface area contributed by atoms with Gasteiger partial charge in [0.15, 0.2) is 0 Å². The van der Waals surface area contributed by atoms with Crippen LogP contribution in [0.2, 0.25) is 0 Å². The van der Waals surface area contributed by atoms with Crippen LogP contribution in [0.4, 0.5) is 5.69 Å². The highest BCUT2D eigenvalue weighted by Crippen LogP contribution is 2.33. The molecule has 1 saturated heterocycles. The topological polar surface area (TPSA) is 57.3 Å². The Morgan fingerprint density at radius 3 is 2.03 bits per heavy atom. The molecule has 1 aliphatic heterocycles. The van der Waals surface area contributed by atoms with Gasteiger partial charge >= 0.3 is 0 Å². The van der Waals surface area contributed by atoms with Crippen molar-refractivity contribution in [1.29, 1.82) is 0 Å². The molecular weight excluding hydrogens is 360 g/mol. The fourth-order valence-electron chi connectivity index (χ4n) is 4.69. The van der Waals surface area contributed by atoms with Crippen LogP contribution < -0.4 is 10.6 Å². The van der Waals surface area contributed by atoms with Gasteiger partial charge in [0.05, 0.1) is 0 Å². The Kier molecular flexibility index (Phi) is 6.39. The van der Waals surface area contributed by atoms with Crippen LogP contribution >= 0.6 is 0 Å². The zero-order chi connectivity index (χ0) is 21.1. The summed E-state index contributed by atoms with van der Waals surface area (Å²) >= 11 is 0. The van der Waals surface area contributed by atoms with E-state index in [9.17, 15) is 4.79 Å². The summed E-state index contributed by atoms with van der Waals surface area (Å²) in [5.41, 5.74) is 3.56. The van der Waals surface area contributed by atoms with Crippen LogP contribution in [-0.4, -0.2) is 32.9 Å². The lowest BCUT2D eigenvalue weighted by molar-refractivity contribution is -0.114. The number of amides is 1. The second-order valence-corrected chi connectivity index (χ2v) is 9.59. The van der Waals surface area contributed by atoms with Crippen molar-refractivity contribution < 1.29 is 4.79 Å². The molecule has 0 atom stereocenters. The van der Waals surface area contributed by atoms with Crippen molar-refractivity contribution in [2.45, 2.75) is 77.7 Å². The van der Waals surface area contributed by atoms with Crippen LogP contribution in [0.3, 0.4) is 0 Å². The number of nitrogens with one attached hydrogen (secondary N) is 2. The largest absolute Gasteiger partial charge is 0.326 e. The van der Waals surface area contributed by atoms with Gasteiger partial charge in [0.2, 0.25) is 5.91 Å². The van der Waals surface area contributed by atoms with E-state index in [0.717, 1.165) is 31.6 Å². The van der Waals surface area contributed by atoms with Gasteiger partial charge in [-0.3, -0.25) is 14.7 Å². The second kappa shape index (κ2) is 8.64. The van der Waals surface area contributed by atoms with Gasteiger partial charge in [-0.1, -0.05) is 12.1 Å². The van der Waals surface area contributed by atoms with E-state index in [4.69, 9.17) is 0 Å². The van der Waals surface area contributed by atoms with Gasteiger partial charge in [0.1, 0.15) is 0 Å². The van der Waals surface area contributed by atoms with Gasteiger partial charge in [0.25, 0.3) is 0 Å². The number of hydrogen-bond donors (Lipinski definition) is 2. The third-order valence-corrected chi connectivity index (χ3v) is 5.48. The summed E-state index contributed by atoms with van der Waals surface area (Å²) in [6.07, 6.45) is 5.94. The minimum atomic E-state index is -0.0452. The van der Waals surface area contributed by atoms with Gasteiger partial charge in [-0.15, -0.1) is 0 Å². The summed E-state index contributed by atoms with van der Waals surface area (Å²) < 4.78 is 0. The number of benzene rings is 1. The molecule has 0 unspecified atom stereocenters. The summed E-state index contributed by atoms with van der Waals surface area (Å²) in [6.45, 7) is 12.5. The van der Waals surface area contributed by atoms with E-state index in [1.165, 1.54) is 18.1 Å². The first-order valence-corrected chi connectivity index (χ1v) is 10.4. The van der Waals surface area contributed by atoms with Crippen molar-refractivity contribution in [1.82, 2.24) is 15.2 Å². The van der Waals surface area contributed by atoms with Crippen LogP contribution in [0.15, 0.2) is 48.8 Å². The molecular formula is C24H34N4O. The van der Waals surface area contributed by atoms with Gasteiger partial charge in [-0.2, -0.15) is 0 Å². The molecule has 0 bridgehead atoms. The molecule has 1 aromatic heterocycles. The van der Waals surface area contributed by atoms with E-state index in [2.05, 4.69) is 72.5 Å². The summed E-state index contributed by atoms with van der Waals surface area (Å²) in [4.78, 5) is 18.0. The van der Waals surface area contributed by atoms with Crippen LogP contribution in [0, 0.1) is 0 Å². The summed E-state index contributed by atoms with van der Waals surface area (Å²) in [5, 5.41) is 6.64. The standard InChI is InChI=1S/C24H34N4O/c1-18(29)26-21-8-6-19(7-9-21)16-28(17-20-10-12-25-13-11-20)22-14-23(2,3)27-24(4,5)15-22/h6-13,22,27H,14-17H2,1-5H3,(H,26,29). The first kappa shape index (κ1) is 21.5. The number of carbonyl (C=O) groups is 1. The summed E-state index contributed by atoms with van der Waals surface area (Å²) in [7, 11) is 0.